The summed E-state index contributed by atoms with van der Waals surface area (Å²) >= 11 is 0. The second-order valence-electron chi connectivity index (χ2n) is 16.4. The van der Waals surface area contributed by atoms with E-state index in [4.69, 9.17) is 0 Å². The summed E-state index contributed by atoms with van der Waals surface area (Å²) in [6, 6.07) is 9.44. The maximum absolute atomic E-state index is 2.54. The second-order valence-corrected chi connectivity index (χ2v) is 16.4. The molecule has 0 aliphatic heterocycles. The highest BCUT2D eigenvalue weighted by atomic mass is 14.3. The van der Waals surface area contributed by atoms with E-state index >= 15 is 0 Å². The van der Waals surface area contributed by atoms with Crippen LogP contribution < -0.4 is 0 Å². The van der Waals surface area contributed by atoms with Crippen LogP contribution in [0.3, 0.4) is 0 Å². The lowest BCUT2D eigenvalue weighted by Crippen LogP contribution is -2.15. The smallest absolute Gasteiger partial charge is 0.00241 e. The number of rotatable bonds is 12. The molecule has 1 aromatic carbocycles. The van der Waals surface area contributed by atoms with Crippen molar-refractivity contribution in [3.05, 3.63) is 233 Å². The first kappa shape index (κ1) is 37.7. The zero-order chi connectivity index (χ0) is 37.8. The molecule has 0 heterocycles. The highest BCUT2D eigenvalue weighted by Gasteiger charge is 2.26. The van der Waals surface area contributed by atoms with Gasteiger partial charge in [0.1, 0.15) is 0 Å². The molecule has 0 radical (unpaired) electrons. The topological polar surface area (TPSA) is 0 Å². The number of allylic oxidation sites excluding steroid dienone is 33. The Bertz CT molecular complexity index is 2100. The monoisotopic (exact) mass is 730 g/mol. The van der Waals surface area contributed by atoms with Crippen molar-refractivity contribution < 1.29 is 0 Å². The van der Waals surface area contributed by atoms with Crippen LogP contribution in [0, 0.1) is 29.6 Å². The fourth-order valence-corrected chi connectivity index (χ4v) is 9.11. The van der Waals surface area contributed by atoms with Gasteiger partial charge in [-0.1, -0.05) is 206 Å². The molecular weight excluding hydrogens is 673 g/mol. The molecule has 0 bridgehead atoms. The van der Waals surface area contributed by atoms with Crippen LogP contribution in [0.4, 0.5) is 0 Å². The van der Waals surface area contributed by atoms with Gasteiger partial charge in [-0.05, 0) is 121 Å². The van der Waals surface area contributed by atoms with Crippen LogP contribution in [0.5, 0.6) is 0 Å². The predicted molar refractivity (Wildman–Crippen MR) is 242 cm³/mol. The van der Waals surface area contributed by atoms with Crippen LogP contribution in [0.1, 0.15) is 81.3 Å². The summed E-state index contributed by atoms with van der Waals surface area (Å²) in [7, 11) is 0. The Morgan fingerprint density at radius 1 is 0.589 bits per heavy atom. The summed E-state index contributed by atoms with van der Waals surface area (Å²) in [4.78, 5) is 0. The molecule has 7 aliphatic carbocycles. The van der Waals surface area contributed by atoms with Crippen molar-refractivity contribution in [1.29, 1.82) is 0 Å². The van der Waals surface area contributed by atoms with Gasteiger partial charge >= 0.3 is 0 Å². The fourth-order valence-electron chi connectivity index (χ4n) is 9.11. The van der Waals surface area contributed by atoms with Crippen molar-refractivity contribution >= 4 is 6.08 Å². The highest BCUT2D eigenvalue weighted by molar-refractivity contribution is 5.53. The Labute approximate surface area is 337 Å². The van der Waals surface area contributed by atoms with Crippen LogP contribution in [0.25, 0.3) is 6.08 Å². The molecule has 0 saturated heterocycles. The zero-order valence-corrected chi connectivity index (χ0v) is 33.0. The quantitative estimate of drug-likeness (QED) is 0.201. The lowest BCUT2D eigenvalue weighted by atomic mass is 9.75. The van der Waals surface area contributed by atoms with E-state index in [1.54, 1.807) is 11.1 Å². The molecule has 8 rings (SSSR count). The number of benzene rings is 1. The maximum Gasteiger partial charge on any atom is 0.00241 e. The summed E-state index contributed by atoms with van der Waals surface area (Å²) in [5, 5.41) is 0. The zero-order valence-electron chi connectivity index (χ0n) is 33.0. The molecule has 6 atom stereocenters. The van der Waals surface area contributed by atoms with E-state index in [0.717, 1.165) is 57.8 Å². The van der Waals surface area contributed by atoms with Crippen molar-refractivity contribution in [2.75, 3.05) is 0 Å². The van der Waals surface area contributed by atoms with E-state index in [-0.39, 0.29) is 0 Å². The minimum absolute atomic E-state index is 0.418. The minimum Gasteiger partial charge on any atom is -0.0842 e. The average molecular weight is 731 g/mol. The van der Waals surface area contributed by atoms with Crippen molar-refractivity contribution in [3.8, 4) is 0 Å². The molecule has 0 spiro atoms. The van der Waals surface area contributed by atoms with Crippen molar-refractivity contribution in [1.82, 2.24) is 0 Å². The van der Waals surface area contributed by atoms with Gasteiger partial charge < -0.3 is 0 Å². The summed E-state index contributed by atoms with van der Waals surface area (Å²) < 4.78 is 0. The molecule has 282 valence electrons. The van der Waals surface area contributed by atoms with E-state index in [9.17, 15) is 0 Å². The van der Waals surface area contributed by atoms with Crippen LogP contribution in [-0.2, 0) is 0 Å². The number of hydrogen-bond acceptors (Lipinski definition) is 0. The summed E-state index contributed by atoms with van der Waals surface area (Å²) in [5.41, 5.74) is 11.4. The van der Waals surface area contributed by atoms with Gasteiger partial charge in [-0.3, -0.25) is 0 Å². The molecular formula is C56H58. The molecule has 0 N–H and O–H groups in total. The van der Waals surface area contributed by atoms with Gasteiger partial charge in [-0.2, -0.15) is 0 Å². The van der Waals surface area contributed by atoms with Gasteiger partial charge in [-0.15, -0.1) is 0 Å². The molecule has 1 aromatic rings. The summed E-state index contributed by atoms with van der Waals surface area (Å²) in [6.07, 6.45) is 76.6. The average Bonchev–Trinajstić information content (AvgIpc) is 3.28. The Morgan fingerprint density at radius 3 is 1.86 bits per heavy atom. The van der Waals surface area contributed by atoms with E-state index in [0.29, 0.717) is 35.5 Å². The van der Waals surface area contributed by atoms with Crippen LogP contribution in [0.15, 0.2) is 222 Å². The third kappa shape index (κ3) is 10.2. The van der Waals surface area contributed by atoms with Crippen LogP contribution in [-0.4, -0.2) is 0 Å². The first-order chi connectivity index (χ1) is 27.7. The number of hydrogen-bond donors (Lipinski definition) is 0. The van der Waals surface area contributed by atoms with Gasteiger partial charge in [0, 0.05) is 11.8 Å². The molecule has 7 aliphatic rings. The maximum atomic E-state index is 2.54. The molecule has 56 heavy (non-hydrogen) atoms. The molecule has 0 aromatic heterocycles. The first-order valence-electron chi connectivity index (χ1n) is 21.4. The Hall–Kier alpha value is -5.20. The molecule has 0 fully saturated rings. The van der Waals surface area contributed by atoms with Crippen LogP contribution in [0.2, 0.25) is 0 Å². The Morgan fingerprint density at radius 2 is 1.27 bits per heavy atom. The van der Waals surface area contributed by atoms with Crippen LogP contribution >= 0.6 is 0 Å². The van der Waals surface area contributed by atoms with E-state index in [1.807, 2.05) is 0 Å². The molecule has 6 unspecified atom stereocenters. The fraction of sp³-hybridized carbons (Fsp3) is 0.286. The largest absolute Gasteiger partial charge is 0.0842 e. The third-order valence-electron chi connectivity index (χ3n) is 12.5. The predicted octanol–water partition coefficient (Wildman–Crippen LogP) is 15.0. The van der Waals surface area contributed by atoms with Crippen molar-refractivity contribution in [2.24, 2.45) is 29.6 Å². The SMILES string of the molecule is C1=CCCC(C=C(C2C=CC(C=CC3C=CC=CC3)=CC2)C2C=CC(C3=CCC(C(CC4=CC=CCC4)c4ccc(C=CC5C=CC=CC5)cc4)C=C3)=CC2)=C1. The third-order valence-corrected chi connectivity index (χ3v) is 12.5. The molecule has 0 amide bonds. The van der Waals surface area contributed by atoms with Crippen molar-refractivity contribution in [2.45, 2.75) is 70.1 Å². The summed E-state index contributed by atoms with van der Waals surface area (Å²) in [5.74, 6) is 2.81. The van der Waals surface area contributed by atoms with E-state index < -0.39 is 0 Å². The van der Waals surface area contributed by atoms with Gasteiger partial charge in [0.2, 0.25) is 0 Å². The lowest BCUT2D eigenvalue weighted by molar-refractivity contribution is 0.496. The van der Waals surface area contributed by atoms with Gasteiger partial charge in [-0.25, -0.2) is 0 Å². The Kier molecular flexibility index (Phi) is 12.9. The molecule has 0 saturated carbocycles. The molecule has 0 heteroatoms. The summed E-state index contributed by atoms with van der Waals surface area (Å²) in [6.45, 7) is 0. The Balaban J connectivity index is 0.934. The normalized spacial score (nSPS) is 27.8. The van der Waals surface area contributed by atoms with Gasteiger partial charge in [0.15, 0.2) is 0 Å². The lowest BCUT2D eigenvalue weighted by Gasteiger charge is -2.30. The van der Waals surface area contributed by atoms with Gasteiger partial charge in [0.25, 0.3) is 0 Å². The van der Waals surface area contributed by atoms with E-state index in [2.05, 4.69) is 194 Å². The highest BCUT2D eigenvalue weighted by Crippen LogP contribution is 2.41. The minimum atomic E-state index is 0.418. The second kappa shape index (κ2) is 19.1. The first-order valence-corrected chi connectivity index (χ1v) is 21.4. The van der Waals surface area contributed by atoms with Gasteiger partial charge in [0.05, 0.1) is 0 Å². The molecule has 0 nitrogen and oxygen atoms in total. The van der Waals surface area contributed by atoms with E-state index in [1.165, 1.54) is 39.8 Å². The van der Waals surface area contributed by atoms with Crippen molar-refractivity contribution in [3.63, 3.8) is 0 Å². The standard InChI is InChI=1S/C56H58/c1-5-13-43(14-6-1)21-23-45-25-29-51(30-26-45)55(41-47-17-9-3-10-18-47)53-37-33-49(34-38-53)50-35-39-54(40-36-50)56(42-48-19-11-4-12-20-48)52-31-27-46(28-32-52)24-22-44-15-7-2-8-16-44/h1-9,11,13,15,17,19,21-31,33-37,39,42-44,52-55H,10,12,14,16,18,20,32,38,40-41H2.